The first-order chi connectivity index (χ1) is 13.7. The van der Waals surface area contributed by atoms with Crippen LogP contribution in [0.1, 0.15) is 51.8 Å². The van der Waals surface area contributed by atoms with Crippen LogP contribution in [0.25, 0.3) is 22.7 Å². The fourth-order valence-electron chi connectivity index (χ4n) is 4.56. The number of nitrogens with zero attached hydrogens (tertiary/aromatic N) is 4. The van der Waals surface area contributed by atoms with Gasteiger partial charge in [0.25, 0.3) is 0 Å². The van der Waals surface area contributed by atoms with Crippen molar-refractivity contribution in [1.29, 1.82) is 0 Å². The molecule has 2 aliphatic rings. The number of H-pyrrole nitrogens is 2. The van der Waals surface area contributed by atoms with Gasteiger partial charge in [-0.15, -0.1) is 0 Å². The van der Waals surface area contributed by atoms with Crippen molar-refractivity contribution in [2.75, 3.05) is 11.9 Å². The summed E-state index contributed by atoms with van der Waals surface area (Å²) in [5.74, 6) is 1.59. The summed E-state index contributed by atoms with van der Waals surface area (Å²) in [4.78, 5) is 27.0. The highest BCUT2D eigenvalue weighted by molar-refractivity contribution is 5.97. The maximum absolute atomic E-state index is 12.8. The van der Waals surface area contributed by atoms with Crippen LogP contribution in [0.4, 0.5) is 5.69 Å². The van der Waals surface area contributed by atoms with Gasteiger partial charge in [-0.05, 0) is 43.1 Å². The number of fused-ring (bicyclic) bond motifs is 3. The highest BCUT2D eigenvalue weighted by Gasteiger charge is 2.53. The average Bonchev–Trinajstić information content (AvgIpc) is 3.02. The first kappa shape index (κ1) is 18.3. The van der Waals surface area contributed by atoms with Crippen molar-refractivity contribution >= 4 is 22.8 Å². The second kappa shape index (κ2) is 5.90. The number of anilines is 1. The van der Waals surface area contributed by atoms with E-state index in [0.29, 0.717) is 11.1 Å². The van der Waals surface area contributed by atoms with Crippen molar-refractivity contribution in [3.05, 3.63) is 23.5 Å². The molecule has 152 valence electrons. The predicted molar refractivity (Wildman–Crippen MR) is 113 cm³/mol. The molecule has 3 aromatic heterocycles. The quantitative estimate of drug-likeness (QED) is 0.705. The van der Waals surface area contributed by atoms with Crippen molar-refractivity contribution in [1.82, 2.24) is 25.1 Å². The largest absolute Gasteiger partial charge is 0.335 e. The molecule has 1 unspecified atom stereocenters. The van der Waals surface area contributed by atoms with E-state index in [9.17, 15) is 4.79 Å². The summed E-state index contributed by atoms with van der Waals surface area (Å²) in [5.41, 5.74) is 5.72. The second-order valence-corrected chi connectivity index (χ2v) is 9.72. The summed E-state index contributed by atoms with van der Waals surface area (Å²) >= 11 is 0. The van der Waals surface area contributed by atoms with E-state index in [1.807, 2.05) is 26.8 Å². The van der Waals surface area contributed by atoms with E-state index in [4.69, 9.17) is 0 Å². The van der Waals surface area contributed by atoms with Gasteiger partial charge in [0.2, 0.25) is 5.91 Å². The minimum absolute atomic E-state index is 0.0785. The van der Waals surface area contributed by atoms with E-state index in [-0.39, 0.29) is 5.91 Å². The summed E-state index contributed by atoms with van der Waals surface area (Å²) < 4.78 is 0. The normalized spacial score (nSPS) is 23.0. The van der Waals surface area contributed by atoms with Crippen LogP contribution in [-0.2, 0) is 17.6 Å². The van der Waals surface area contributed by atoms with Crippen molar-refractivity contribution in [2.24, 2.45) is 16.7 Å². The van der Waals surface area contributed by atoms with Crippen LogP contribution in [0.3, 0.4) is 0 Å². The zero-order valence-electron chi connectivity index (χ0n) is 17.8. The van der Waals surface area contributed by atoms with Gasteiger partial charge in [-0.3, -0.25) is 9.89 Å². The third-order valence-electron chi connectivity index (χ3n) is 7.22. The Kier molecular flexibility index (Phi) is 3.73. The van der Waals surface area contributed by atoms with Crippen LogP contribution in [0.15, 0.2) is 12.3 Å². The van der Waals surface area contributed by atoms with E-state index in [2.05, 4.69) is 32.1 Å². The summed E-state index contributed by atoms with van der Waals surface area (Å²) in [6.07, 6.45) is 5.94. The third-order valence-corrected chi connectivity index (χ3v) is 7.22. The van der Waals surface area contributed by atoms with Crippen LogP contribution in [0, 0.1) is 16.7 Å². The van der Waals surface area contributed by atoms with E-state index < -0.39 is 5.41 Å². The van der Waals surface area contributed by atoms with E-state index in [1.165, 1.54) is 17.7 Å². The fourth-order valence-corrected chi connectivity index (χ4v) is 4.56. The smallest absolute Gasteiger partial charge is 0.232 e. The van der Waals surface area contributed by atoms with Crippen molar-refractivity contribution < 1.29 is 4.79 Å². The molecule has 7 nitrogen and oxygen atoms in total. The lowest BCUT2D eigenvalue weighted by Crippen LogP contribution is -2.38. The molecule has 1 saturated carbocycles. The molecular weight excluding hydrogens is 364 g/mol. The second-order valence-electron chi connectivity index (χ2n) is 9.72. The van der Waals surface area contributed by atoms with Gasteiger partial charge in [-0.2, -0.15) is 5.10 Å². The molecule has 0 spiro atoms. The van der Waals surface area contributed by atoms with Gasteiger partial charge >= 0.3 is 0 Å². The molecule has 7 heteroatoms. The van der Waals surface area contributed by atoms with Gasteiger partial charge in [0.15, 0.2) is 11.5 Å². The lowest BCUT2D eigenvalue weighted by molar-refractivity contribution is -0.126. The Balaban J connectivity index is 1.48. The summed E-state index contributed by atoms with van der Waals surface area (Å²) in [5, 5.41) is 7.80. The van der Waals surface area contributed by atoms with Crippen molar-refractivity contribution in [2.45, 2.75) is 53.4 Å². The molecule has 0 aromatic carbocycles. The maximum Gasteiger partial charge on any atom is 0.232 e. The number of imidazole rings is 1. The highest BCUT2D eigenvalue weighted by Crippen LogP contribution is 2.59. The van der Waals surface area contributed by atoms with Crippen LogP contribution in [0.2, 0.25) is 0 Å². The molecule has 2 atom stereocenters. The number of nitrogens with one attached hydrogen (secondary N) is 2. The molecule has 0 saturated heterocycles. The Morgan fingerprint density at radius 3 is 2.97 bits per heavy atom. The summed E-state index contributed by atoms with van der Waals surface area (Å²) in [6.45, 7) is 8.34. The molecule has 0 aliphatic heterocycles. The predicted octanol–water partition coefficient (Wildman–Crippen LogP) is 3.87. The van der Waals surface area contributed by atoms with Crippen molar-refractivity contribution in [3.63, 3.8) is 0 Å². The number of aromatic nitrogens is 5. The summed E-state index contributed by atoms with van der Waals surface area (Å²) in [7, 11) is 1.80. The third kappa shape index (κ3) is 2.78. The lowest BCUT2D eigenvalue weighted by Gasteiger charge is -2.28. The van der Waals surface area contributed by atoms with Gasteiger partial charge in [0, 0.05) is 23.7 Å². The first-order valence-electron chi connectivity index (χ1n) is 10.4. The molecule has 29 heavy (non-hydrogen) atoms. The van der Waals surface area contributed by atoms with Gasteiger partial charge in [-0.1, -0.05) is 27.7 Å². The molecule has 0 radical (unpaired) electrons. The lowest BCUT2D eigenvalue weighted by atomic mass is 9.88. The number of carbonyl (C=O) groups is 1. The number of rotatable bonds is 4. The number of carbonyl (C=O) groups excluding carboxylic acids is 1. The topological polar surface area (TPSA) is 90.6 Å². The maximum atomic E-state index is 12.8. The Morgan fingerprint density at radius 2 is 2.21 bits per heavy atom. The number of aromatic amines is 2. The zero-order valence-corrected chi connectivity index (χ0v) is 17.8. The molecule has 2 N–H and O–H groups in total. The van der Waals surface area contributed by atoms with Crippen LogP contribution < -0.4 is 4.90 Å². The first-order valence-corrected chi connectivity index (χ1v) is 10.4. The molecule has 2 aliphatic carbocycles. The minimum atomic E-state index is -0.408. The number of hydrogen-bond donors (Lipinski definition) is 2. The van der Waals surface area contributed by atoms with Crippen LogP contribution >= 0.6 is 0 Å². The van der Waals surface area contributed by atoms with Crippen LogP contribution in [-0.4, -0.2) is 38.1 Å². The van der Waals surface area contributed by atoms with Crippen LogP contribution in [0.5, 0.6) is 0 Å². The van der Waals surface area contributed by atoms with Gasteiger partial charge in [0.05, 0.1) is 17.4 Å². The Labute approximate surface area is 170 Å². The minimum Gasteiger partial charge on any atom is -0.335 e. The van der Waals surface area contributed by atoms with Crippen molar-refractivity contribution in [3.8, 4) is 11.5 Å². The Morgan fingerprint density at radius 1 is 1.41 bits per heavy atom. The SMILES string of the molecule is CCC(C)(C)C(=O)N(C)c1cnc2nc(-c3n[nH]c4c3CC3C[C@]3(C)C4)[nH]c2c1. The molecule has 1 fully saturated rings. The Hall–Kier alpha value is -2.70. The Bertz CT molecular complexity index is 1130. The van der Waals surface area contributed by atoms with Gasteiger partial charge in [-0.25, -0.2) is 9.97 Å². The van der Waals surface area contributed by atoms with Gasteiger partial charge < -0.3 is 9.88 Å². The van der Waals surface area contributed by atoms with E-state index >= 15 is 0 Å². The average molecular weight is 393 g/mol. The highest BCUT2D eigenvalue weighted by atomic mass is 16.2. The van der Waals surface area contributed by atoms with E-state index in [0.717, 1.165) is 47.9 Å². The fraction of sp³-hybridized carbons (Fsp3) is 0.545. The zero-order chi connectivity index (χ0) is 20.6. The number of hydrogen-bond acceptors (Lipinski definition) is 4. The molecule has 3 heterocycles. The van der Waals surface area contributed by atoms with Gasteiger partial charge in [0.1, 0.15) is 5.69 Å². The summed E-state index contributed by atoms with van der Waals surface area (Å²) in [6, 6.07) is 1.94. The molecule has 3 aromatic rings. The number of pyridine rings is 1. The molecule has 5 rings (SSSR count). The monoisotopic (exact) mass is 392 g/mol. The standard InChI is InChI=1S/C22H28N6O/c1-6-21(2,3)20(29)28(5)13-8-15-18(23-11-13)25-19(24-15)17-14-7-12-9-22(12,4)10-16(14)26-27-17/h8,11-12H,6-7,9-10H2,1-5H3,(H,26,27)(H,23,24,25)/t12?,22-/m1/s1. The molecule has 0 bridgehead atoms. The van der Waals surface area contributed by atoms with E-state index in [1.54, 1.807) is 18.1 Å². The molecule has 1 amide bonds. The molecular formula is C22H28N6O. The number of amides is 1.